The van der Waals surface area contributed by atoms with Crippen LogP contribution in [-0.4, -0.2) is 45.7 Å². The van der Waals surface area contributed by atoms with Gasteiger partial charge in [0.05, 0.1) is 26.8 Å². The van der Waals surface area contributed by atoms with Crippen LogP contribution >= 0.6 is 23.2 Å². The van der Waals surface area contributed by atoms with Crippen LogP contribution in [0.5, 0.6) is 0 Å². The van der Waals surface area contributed by atoms with Crippen LogP contribution in [0.15, 0.2) is 23.1 Å². The van der Waals surface area contributed by atoms with Crippen LogP contribution in [0, 0.1) is 5.92 Å². The van der Waals surface area contributed by atoms with E-state index in [0.717, 1.165) is 26.1 Å². The van der Waals surface area contributed by atoms with Gasteiger partial charge in [-0.2, -0.15) is 0 Å². The van der Waals surface area contributed by atoms with Gasteiger partial charge in [-0.3, -0.25) is 4.21 Å². The molecule has 0 aliphatic carbocycles. The molecule has 3 atom stereocenters. The van der Waals surface area contributed by atoms with E-state index in [9.17, 15) is 9.32 Å². The molecule has 6 heteroatoms. The molecular weight excluding hydrogens is 317 g/mol. The molecule has 0 aromatic heterocycles. The molecular formula is C14H19Cl2NO2S. The van der Waals surface area contributed by atoms with Gasteiger partial charge < -0.3 is 10.0 Å². The molecule has 0 bridgehead atoms. The number of hydrogen-bond acceptors (Lipinski definition) is 3. The molecule has 1 aliphatic heterocycles. The second kappa shape index (κ2) is 7.23. The minimum Gasteiger partial charge on any atom is -0.393 e. The predicted octanol–water partition coefficient (Wildman–Crippen LogP) is 2.80. The summed E-state index contributed by atoms with van der Waals surface area (Å²) in [6.45, 7) is 4.41. The first-order valence-electron chi connectivity index (χ1n) is 6.71. The van der Waals surface area contributed by atoms with E-state index in [2.05, 4.69) is 4.90 Å². The predicted molar refractivity (Wildman–Crippen MR) is 84.0 cm³/mol. The Balaban J connectivity index is 1.88. The smallest absolute Gasteiger partial charge is 0.0589 e. The molecule has 1 aromatic carbocycles. The van der Waals surface area contributed by atoms with Crippen molar-refractivity contribution in [3.8, 4) is 0 Å². The van der Waals surface area contributed by atoms with E-state index < -0.39 is 10.8 Å². The van der Waals surface area contributed by atoms with E-state index in [1.807, 2.05) is 6.92 Å². The van der Waals surface area contributed by atoms with Gasteiger partial charge in [0.2, 0.25) is 0 Å². The lowest BCUT2D eigenvalue weighted by Crippen LogP contribution is -2.28. The Morgan fingerprint density at radius 2 is 2.25 bits per heavy atom. The average molecular weight is 336 g/mol. The van der Waals surface area contributed by atoms with Crippen molar-refractivity contribution in [2.24, 2.45) is 5.92 Å². The second-order valence-corrected chi connectivity index (χ2v) is 7.60. The summed E-state index contributed by atoms with van der Waals surface area (Å²) < 4.78 is 12.3. The molecule has 3 nitrogen and oxygen atoms in total. The highest BCUT2D eigenvalue weighted by Gasteiger charge is 2.26. The van der Waals surface area contributed by atoms with Crippen molar-refractivity contribution in [2.45, 2.75) is 24.3 Å². The minimum absolute atomic E-state index is 0.270. The molecule has 0 spiro atoms. The molecule has 1 N–H and O–H groups in total. The second-order valence-electron chi connectivity index (χ2n) is 5.21. The summed E-state index contributed by atoms with van der Waals surface area (Å²) in [5, 5.41) is 10.6. The molecule has 0 saturated carbocycles. The Hall–Kier alpha value is -0.130. The van der Waals surface area contributed by atoms with Crippen LogP contribution < -0.4 is 0 Å². The first kappa shape index (κ1) is 16.2. The molecule has 1 heterocycles. The third-order valence-electron chi connectivity index (χ3n) is 3.72. The fourth-order valence-corrected chi connectivity index (χ4v) is 4.23. The van der Waals surface area contributed by atoms with Crippen LogP contribution in [0.3, 0.4) is 0 Å². The number of benzene rings is 1. The molecule has 20 heavy (non-hydrogen) atoms. The molecule has 1 aliphatic rings. The quantitative estimate of drug-likeness (QED) is 0.899. The Bertz CT molecular complexity index is 496. The summed E-state index contributed by atoms with van der Waals surface area (Å²) in [6.07, 6.45) is 0.732. The number of nitrogens with zero attached hydrogens (tertiary/aromatic N) is 1. The lowest BCUT2D eigenvalue weighted by atomic mass is 10.0. The molecule has 1 aromatic rings. The summed E-state index contributed by atoms with van der Waals surface area (Å²) in [6, 6.07) is 5.04. The van der Waals surface area contributed by atoms with Crippen LogP contribution in [0.4, 0.5) is 0 Å². The van der Waals surface area contributed by atoms with E-state index in [4.69, 9.17) is 23.2 Å². The van der Waals surface area contributed by atoms with Gasteiger partial charge in [0.1, 0.15) is 0 Å². The number of aliphatic hydroxyl groups excluding tert-OH is 1. The van der Waals surface area contributed by atoms with E-state index >= 15 is 0 Å². The molecule has 0 amide bonds. The van der Waals surface area contributed by atoms with Gasteiger partial charge in [0.25, 0.3) is 0 Å². The number of likely N-dealkylation sites (tertiary alicyclic amines) is 1. The maximum absolute atomic E-state index is 12.3. The normalized spacial score (nSPS) is 22.9. The summed E-state index contributed by atoms with van der Waals surface area (Å²) in [4.78, 5) is 2.85. The molecule has 112 valence electrons. The number of hydrogen-bond donors (Lipinski definition) is 1. The van der Waals surface area contributed by atoms with Crippen molar-refractivity contribution in [3.63, 3.8) is 0 Å². The van der Waals surface area contributed by atoms with Crippen molar-refractivity contribution in [1.82, 2.24) is 4.90 Å². The van der Waals surface area contributed by atoms with E-state index in [1.54, 1.807) is 18.2 Å². The molecule has 1 fully saturated rings. The van der Waals surface area contributed by atoms with Crippen LogP contribution in [0.2, 0.25) is 10.0 Å². The van der Waals surface area contributed by atoms with Gasteiger partial charge in [-0.25, -0.2) is 0 Å². The first-order chi connectivity index (χ1) is 9.47. The maximum atomic E-state index is 12.3. The molecule has 3 unspecified atom stereocenters. The molecule has 0 radical (unpaired) electrons. The maximum Gasteiger partial charge on any atom is 0.0589 e. The van der Waals surface area contributed by atoms with Gasteiger partial charge in [0.15, 0.2) is 0 Å². The highest BCUT2D eigenvalue weighted by molar-refractivity contribution is 7.85. The Kier molecular flexibility index (Phi) is 5.87. The Morgan fingerprint density at radius 1 is 1.50 bits per heavy atom. The van der Waals surface area contributed by atoms with Gasteiger partial charge in [-0.05, 0) is 44.0 Å². The van der Waals surface area contributed by atoms with E-state index in [1.165, 1.54) is 0 Å². The number of rotatable bonds is 5. The third kappa shape index (κ3) is 4.18. The monoisotopic (exact) mass is 335 g/mol. The lowest BCUT2D eigenvalue weighted by Gasteiger charge is -2.17. The highest BCUT2D eigenvalue weighted by Crippen LogP contribution is 2.24. The van der Waals surface area contributed by atoms with Crippen LogP contribution in [0.25, 0.3) is 0 Å². The van der Waals surface area contributed by atoms with Gasteiger partial charge in [0, 0.05) is 23.9 Å². The lowest BCUT2D eigenvalue weighted by molar-refractivity contribution is 0.128. The standard InChI is InChI=1S/C14H19Cl2NO2S/c1-10(18)11-4-5-17(9-11)6-7-20(19)14-8-12(15)2-3-13(14)16/h2-3,8,10-11,18H,4-7,9H2,1H3. The topological polar surface area (TPSA) is 40.5 Å². The Labute approximate surface area is 132 Å². The average Bonchev–Trinajstić information content (AvgIpc) is 2.88. The molecule has 2 rings (SSSR count). The van der Waals surface area contributed by atoms with Crippen molar-refractivity contribution in [1.29, 1.82) is 0 Å². The fourth-order valence-electron chi connectivity index (χ4n) is 2.43. The molecule has 1 saturated heterocycles. The fraction of sp³-hybridized carbons (Fsp3) is 0.571. The summed E-state index contributed by atoms with van der Waals surface area (Å²) >= 11 is 12.0. The van der Waals surface area contributed by atoms with Crippen molar-refractivity contribution >= 4 is 34.0 Å². The zero-order valence-electron chi connectivity index (χ0n) is 11.4. The first-order valence-corrected chi connectivity index (χ1v) is 8.78. The van der Waals surface area contributed by atoms with E-state index in [-0.39, 0.29) is 6.10 Å². The Morgan fingerprint density at radius 3 is 2.90 bits per heavy atom. The van der Waals surface area contributed by atoms with Gasteiger partial charge >= 0.3 is 0 Å². The highest BCUT2D eigenvalue weighted by atomic mass is 35.5. The summed E-state index contributed by atoms with van der Waals surface area (Å²) in [5.74, 6) is 0.866. The van der Waals surface area contributed by atoms with Gasteiger partial charge in [-0.1, -0.05) is 23.2 Å². The van der Waals surface area contributed by atoms with Gasteiger partial charge in [-0.15, -0.1) is 0 Å². The number of aliphatic hydroxyl groups is 1. The zero-order valence-corrected chi connectivity index (χ0v) is 13.7. The largest absolute Gasteiger partial charge is 0.393 e. The summed E-state index contributed by atoms with van der Waals surface area (Å²) in [7, 11) is -1.14. The number of halogens is 2. The SMILES string of the molecule is CC(O)C1CCN(CCS(=O)c2cc(Cl)ccc2Cl)C1. The van der Waals surface area contributed by atoms with Crippen molar-refractivity contribution in [2.75, 3.05) is 25.4 Å². The van der Waals surface area contributed by atoms with Crippen LogP contribution in [0.1, 0.15) is 13.3 Å². The van der Waals surface area contributed by atoms with Crippen molar-refractivity contribution < 1.29 is 9.32 Å². The van der Waals surface area contributed by atoms with Crippen LogP contribution in [-0.2, 0) is 10.8 Å². The zero-order chi connectivity index (χ0) is 14.7. The van der Waals surface area contributed by atoms with E-state index in [0.29, 0.717) is 26.6 Å². The third-order valence-corrected chi connectivity index (χ3v) is 5.78. The summed E-state index contributed by atoms with van der Waals surface area (Å²) in [5.41, 5.74) is 0. The minimum atomic E-state index is -1.14. The van der Waals surface area contributed by atoms with Crippen molar-refractivity contribution in [3.05, 3.63) is 28.2 Å².